The van der Waals surface area contributed by atoms with Gasteiger partial charge in [0.05, 0.1) is 24.9 Å². The molecule has 8 heteroatoms. The van der Waals surface area contributed by atoms with Gasteiger partial charge in [0.1, 0.15) is 23.4 Å². The van der Waals surface area contributed by atoms with Crippen molar-refractivity contribution in [2.45, 2.75) is 12.5 Å². The van der Waals surface area contributed by atoms with E-state index in [4.69, 9.17) is 4.74 Å². The second-order valence-electron chi connectivity index (χ2n) is 6.33. The van der Waals surface area contributed by atoms with E-state index in [2.05, 4.69) is 15.7 Å². The summed E-state index contributed by atoms with van der Waals surface area (Å²) in [4.78, 5) is 24.8. The number of amides is 2. The Hall–Kier alpha value is -3.68. The number of fused-ring (bicyclic) bond motifs is 1. The number of aromatic nitrogens is 2. The van der Waals surface area contributed by atoms with Crippen molar-refractivity contribution in [3.63, 3.8) is 0 Å². The van der Waals surface area contributed by atoms with Crippen LogP contribution in [0.25, 0.3) is 11.3 Å². The minimum absolute atomic E-state index is 0.0579. The van der Waals surface area contributed by atoms with Crippen LogP contribution in [0.3, 0.4) is 0 Å². The zero-order chi connectivity index (χ0) is 19.7. The van der Waals surface area contributed by atoms with Crippen LogP contribution >= 0.6 is 0 Å². The first-order chi connectivity index (χ1) is 13.5. The number of nitrogens with zero attached hydrogens (tertiary/aromatic N) is 2. The first kappa shape index (κ1) is 17.7. The van der Waals surface area contributed by atoms with Crippen LogP contribution < -0.4 is 15.4 Å². The first-order valence-electron chi connectivity index (χ1n) is 8.64. The molecule has 0 aliphatic carbocycles. The Bertz CT molecular complexity index is 1050. The van der Waals surface area contributed by atoms with Crippen molar-refractivity contribution in [3.8, 4) is 17.0 Å². The average Bonchev–Trinajstić information content (AvgIpc) is 3.13. The van der Waals surface area contributed by atoms with Gasteiger partial charge in [-0.3, -0.25) is 9.59 Å². The van der Waals surface area contributed by atoms with E-state index in [0.29, 0.717) is 17.3 Å². The molecule has 1 unspecified atom stereocenters. The molecule has 2 aromatic carbocycles. The van der Waals surface area contributed by atoms with Crippen LogP contribution in [0.15, 0.2) is 54.6 Å². The number of hydrogen-bond acceptors (Lipinski definition) is 4. The molecule has 1 atom stereocenters. The Labute approximate surface area is 160 Å². The van der Waals surface area contributed by atoms with Crippen molar-refractivity contribution >= 4 is 23.3 Å². The second kappa shape index (κ2) is 7.15. The predicted octanol–water partition coefficient (Wildman–Crippen LogP) is 3.22. The summed E-state index contributed by atoms with van der Waals surface area (Å²) >= 11 is 0. The summed E-state index contributed by atoms with van der Waals surface area (Å²) in [5, 5.41) is 9.73. The maximum Gasteiger partial charge on any atom is 0.249 e. The average molecular weight is 380 g/mol. The lowest BCUT2D eigenvalue weighted by Gasteiger charge is -2.23. The highest BCUT2D eigenvalue weighted by atomic mass is 19.1. The van der Waals surface area contributed by atoms with Crippen LogP contribution in [0.2, 0.25) is 0 Å². The number of anilines is 2. The van der Waals surface area contributed by atoms with Crippen molar-refractivity contribution < 1.29 is 18.7 Å². The van der Waals surface area contributed by atoms with E-state index >= 15 is 0 Å². The molecule has 0 spiro atoms. The first-order valence-corrected chi connectivity index (χ1v) is 8.64. The second-order valence-corrected chi connectivity index (χ2v) is 6.33. The molecule has 28 heavy (non-hydrogen) atoms. The number of hydrogen-bond donors (Lipinski definition) is 2. The molecule has 3 aromatic rings. The van der Waals surface area contributed by atoms with Gasteiger partial charge in [-0.2, -0.15) is 5.10 Å². The van der Waals surface area contributed by atoms with Gasteiger partial charge in [-0.15, -0.1) is 0 Å². The van der Waals surface area contributed by atoms with Gasteiger partial charge in [0.15, 0.2) is 0 Å². The van der Waals surface area contributed by atoms with Gasteiger partial charge in [-0.05, 0) is 36.4 Å². The summed E-state index contributed by atoms with van der Waals surface area (Å²) in [5.41, 5.74) is 1.47. The molecule has 4 rings (SSSR count). The zero-order valence-electron chi connectivity index (χ0n) is 15.0. The molecule has 0 bridgehead atoms. The Morgan fingerprint density at radius 3 is 2.71 bits per heavy atom. The number of carbonyl (C=O) groups excluding carboxylic acids is 2. The number of methoxy groups -OCH3 is 1. The topological polar surface area (TPSA) is 85.2 Å². The Kier molecular flexibility index (Phi) is 4.52. The lowest BCUT2D eigenvalue weighted by atomic mass is 10.1. The molecule has 1 aliphatic rings. The van der Waals surface area contributed by atoms with Crippen LogP contribution in [0.5, 0.6) is 5.75 Å². The largest absolute Gasteiger partial charge is 0.497 e. The molecule has 0 saturated carbocycles. The van der Waals surface area contributed by atoms with E-state index in [0.717, 1.165) is 5.56 Å². The maximum absolute atomic E-state index is 13.9. The van der Waals surface area contributed by atoms with Crippen molar-refractivity contribution in [2.24, 2.45) is 0 Å². The molecule has 0 radical (unpaired) electrons. The highest BCUT2D eigenvalue weighted by Crippen LogP contribution is 2.31. The summed E-state index contributed by atoms with van der Waals surface area (Å²) in [7, 11) is 1.58. The highest BCUT2D eigenvalue weighted by Gasteiger charge is 2.32. The molecule has 7 nitrogen and oxygen atoms in total. The van der Waals surface area contributed by atoms with E-state index in [1.165, 1.54) is 22.9 Å². The maximum atomic E-state index is 13.9. The van der Waals surface area contributed by atoms with E-state index in [1.807, 2.05) is 12.1 Å². The molecule has 1 aromatic heterocycles. The number of halogens is 1. The van der Waals surface area contributed by atoms with E-state index in [-0.39, 0.29) is 18.0 Å². The monoisotopic (exact) mass is 380 g/mol. The van der Waals surface area contributed by atoms with Crippen LogP contribution in [-0.2, 0) is 9.59 Å². The fourth-order valence-electron chi connectivity index (χ4n) is 3.07. The normalized spacial score (nSPS) is 15.5. The van der Waals surface area contributed by atoms with Gasteiger partial charge >= 0.3 is 0 Å². The van der Waals surface area contributed by atoms with Gasteiger partial charge in [-0.1, -0.05) is 12.1 Å². The van der Waals surface area contributed by atoms with Crippen molar-refractivity contribution in [2.75, 3.05) is 17.7 Å². The minimum atomic E-state index is -0.879. The van der Waals surface area contributed by atoms with Gasteiger partial charge < -0.3 is 15.4 Å². The van der Waals surface area contributed by atoms with Crippen molar-refractivity contribution in [1.29, 1.82) is 0 Å². The minimum Gasteiger partial charge on any atom is -0.497 e. The van der Waals surface area contributed by atoms with Gasteiger partial charge in [-0.25, -0.2) is 9.07 Å². The molecule has 0 saturated heterocycles. The summed E-state index contributed by atoms with van der Waals surface area (Å²) in [6, 6.07) is 14.0. The smallest absolute Gasteiger partial charge is 0.249 e. The number of rotatable bonds is 4. The van der Waals surface area contributed by atoms with Gasteiger partial charge in [0.25, 0.3) is 0 Å². The fraction of sp³-hybridized carbons (Fsp3) is 0.150. The molecule has 1 aliphatic heterocycles. The summed E-state index contributed by atoms with van der Waals surface area (Å²) in [6.07, 6.45) is -0.0863. The van der Waals surface area contributed by atoms with E-state index in [1.54, 1.807) is 31.4 Å². The summed E-state index contributed by atoms with van der Waals surface area (Å²) in [6.45, 7) is 0. The third-order valence-electron chi connectivity index (χ3n) is 4.50. The quantitative estimate of drug-likeness (QED) is 0.728. The van der Waals surface area contributed by atoms with E-state index < -0.39 is 17.8 Å². The number of benzene rings is 2. The van der Waals surface area contributed by atoms with Crippen molar-refractivity contribution in [3.05, 3.63) is 60.4 Å². The molecule has 2 heterocycles. The van der Waals surface area contributed by atoms with Crippen LogP contribution in [0.4, 0.5) is 15.9 Å². The third kappa shape index (κ3) is 3.32. The summed E-state index contributed by atoms with van der Waals surface area (Å²) < 4.78 is 20.5. The zero-order valence-corrected chi connectivity index (χ0v) is 15.0. The Balaban J connectivity index is 1.64. The molecule has 0 fully saturated rings. The molecule has 142 valence electrons. The van der Waals surface area contributed by atoms with Crippen LogP contribution in [0.1, 0.15) is 12.5 Å². The third-order valence-corrected chi connectivity index (χ3v) is 4.50. The number of ether oxygens (including phenoxy) is 1. The standard InChI is InChI=1S/C20H17FN4O3/c1-28-13-8-6-12(7-9-13)16-10-18-23-19(26)11-17(25(18)24-16)20(27)22-15-5-3-2-4-14(15)21/h2-10,17H,11H2,1H3,(H,22,27)(H,23,26). The Morgan fingerprint density at radius 1 is 1.25 bits per heavy atom. The van der Waals surface area contributed by atoms with Crippen LogP contribution in [0, 0.1) is 5.82 Å². The number of carbonyl (C=O) groups is 2. The lowest BCUT2D eigenvalue weighted by Crippen LogP contribution is -2.35. The molecule has 2 amide bonds. The molecule has 2 N–H and O–H groups in total. The fourth-order valence-corrected chi connectivity index (χ4v) is 3.07. The SMILES string of the molecule is COc1ccc(-c2cc3n(n2)C(C(=O)Nc2ccccc2F)CC(=O)N3)cc1. The number of para-hydroxylation sites is 1. The Morgan fingerprint density at radius 2 is 2.00 bits per heavy atom. The van der Waals surface area contributed by atoms with E-state index in [9.17, 15) is 14.0 Å². The number of nitrogens with one attached hydrogen (secondary N) is 2. The van der Waals surface area contributed by atoms with Gasteiger partial charge in [0, 0.05) is 11.6 Å². The molecular weight excluding hydrogens is 363 g/mol. The van der Waals surface area contributed by atoms with Crippen molar-refractivity contribution in [1.82, 2.24) is 9.78 Å². The predicted molar refractivity (Wildman–Crippen MR) is 102 cm³/mol. The highest BCUT2D eigenvalue weighted by molar-refractivity contribution is 6.01. The van der Waals surface area contributed by atoms with Crippen LogP contribution in [-0.4, -0.2) is 28.7 Å². The summed E-state index contributed by atoms with van der Waals surface area (Å²) in [5.74, 6) is -0.234. The molecular formula is C20H17FN4O3. The lowest BCUT2D eigenvalue weighted by molar-refractivity contribution is -0.125. The van der Waals surface area contributed by atoms with Gasteiger partial charge in [0.2, 0.25) is 11.8 Å².